The first kappa shape index (κ1) is 25.2. The average Bonchev–Trinajstić information content (AvgIpc) is 3.49. The standard InChI is InChI=1S/C24H22ClF3N10O/c1-12-14(5-30-23(32-12)36-9-17-18(10-36)24(17,27)28)7-37-8-16(13(2)33-37)22(39)29-6-15-20(38-11-31-34-35-38)4-3-19(25)21(15)26/h3-5,8,11,17-18H,6-7,9-10H2,1-2H3,(H,29,39). The normalized spacial score (nSPS) is 19.3. The summed E-state index contributed by atoms with van der Waals surface area (Å²) in [4.78, 5) is 23.7. The molecule has 4 heterocycles. The smallest absolute Gasteiger partial charge is 0.258 e. The molecule has 0 spiro atoms. The minimum Gasteiger partial charge on any atom is -0.348 e. The lowest BCUT2D eigenvalue weighted by molar-refractivity contribution is 0.0796. The van der Waals surface area contributed by atoms with Crippen LogP contribution in [-0.4, -0.2) is 64.9 Å². The number of aromatic nitrogens is 8. The summed E-state index contributed by atoms with van der Waals surface area (Å²) < 4.78 is 44.7. The van der Waals surface area contributed by atoms with Gasteiger partial charge in [-0.3, -0.25) is 9.48 Å². The van der Waals surface area contributed by atoms with E-state index in [0.717, 1.165) is 5.56 Å². The Morgan fingerprint density at radius 1 is 1.21 bits per heavy atom. The Morgan fingerprint density at radius 3 is 2.67 bits per heavy atom. The number of hydrogen-bond donors (Lipinski definition) is 1. The van der Waals surface area contributed by atoms with Gasteiger partial charge in [-0.1, -0.05) is 11.6 Å². The Labute approximate surface area is 225 Å². The van der Waals surface area contributed by atoms with Crippen molar-refractivity contribution in [1.29, 1.82) is 0 Å². The van der Waals surface area contributed by atoms with Gasteiger partial charge < -0.3 is 10.2 Å². The van der Waals surface area contributed by atoms with Gasteiger partial charge in [-0.25, -0.2) is 27.8 Å². The number of fused-ring (bicyclic) bond motifs is 1. The molecule has 1 N–H and O–H groups in total. The molecule has 1 aromatic carbocycles. The summed E-state index contributed by atoms with van der Waals surface area (Å²) in [6.45, 7) is 4.16. The van der Waals surface area contributed by atoms with Crippen molar-refractivity contribution < 1.29 is 18.0 Å². The molecule has 2 atom stereocenters. The first-order valence-corrected chi connectivity index (χ1v) is 12.5. The highest BCUT2D eigenvalue weighted by molar-refractivity contribution is 6.30. The molecule has 11 nitrogen and oxygen atoms in total. The topological polar surface area (TPSA) is 120 Å². The molecule has 1 aliphatic heterocycles. The van der Waals surface area contributed by atoms with Crippen LogP contribution in [0.4, 0.5) is 19.1 Å². The molecule has 2 unspecified atom stereocenters. The van der Waals surface area contributed by atoms with E-state index in [0.29, 0.717) is 35.1 Å². The van der Waals surface area contributed by atoms with Crippen LogP contribution in [0.1, 0.15) is 32.9 Å². The summed E-state index contributed by atoms with van der Waals surface area (Å²) in [6.07, 6.45) is 4.55. The maximum atomic E-state index is 14.8. The number of piperidine rings is 1. The highest BCUT2D eigenvalue weighted by atomic mass is 35.5. The quantitative estimate of drug-likeness (QED) is 0.368. The minimum absolute atomic E-state index is 0.0943. The van der Waals surface area contributed by atoms with Crippen molar-refractivity contribution in [2.75, 3.05) is 18.0 Å². The molecule has 1 saturated heterocycles. The number of rotatable bonds is 7. The van der Waals surface area contributed by atoms with Gasteiger partial charge in [-0.05, 0) is 36.4 Å². The third-order valence-corrected chi connectivity index (χ3v) is 7.56. The molecule has 1 aliphatic carbocycles. The van der Waals surface area contributed by atoms with E-state index in [1.165, 1.54) is 17.1 Å². The zero-order valence-corrected chi connectivity index (χ0v) is 21.6. The van der Waals surface area contributed by atoms with E-state index in [1.54, 1.807) is 35.0 Å². The molecular weight excluding hydrogens is 537 g/mol. The second kappa shape index (κ2) is 9.29. The first-order chi connectivity index (χ1) is 18.6. The molecule has 1 saturated carbocycles. The second-order valence-electron chi connectivity index (χ2n) is 9.70. The Kier molecular flexibility index (Phi) is 6.01. The number of amides is 1. The maximum absolute atomic E-state index is 14.8. The number of halogens is 4. The Bertz CT molecular complexity index is 1560. The SMILES string of the molecule is Cc1nc(N2CC3C(C2)C3(F)F)ncc1Cn1cc(C(=O)NCc2c(-n3cnnn3)ccc(Cl)c2F)c(C)n1. The van der Waals surface area contributed by atoms with Crippen molar-refractivity contribution in [1.82, 2.24) is 45.3 Å². The van der Waals surface area contributed by atoms with Gasteiger partial charge >= 0.3 is 0 Å². The number of anilines is 1. The molecule has 6 rings (SSSR count). The molecule has 2 aliphatic rings. The van der Waals surface area contributed by atoms with Gasteiger partial charge in [0.25, 0.3) is 11.8 Å². The van der Waals surface area contributed by atoms with E-state index in [2.05, 4.69) is 35.9 Å². The predicted octanol–water partition coefficient (Wildman–Crippen LogP) is 2.74. The second-order valence-corrected chi connectivity index (χ2v) is 10.1. The van der Waals surface area contributed by atoms with E-state index in [-0.39, 0.29) is 30.2 Å². The number of carbonyl (C=O) groups is 1. The number of nitrogens with one attached hydrogen (secondary N) is 1. The van der Waals surface area contributed by atoms with E-state index < -0.39 is 29.5 Å². The fourth-order valence-corrected chi connectivity index (χ4v) is 5.13. The molecule has 2 fully saturated rings. The molecule has 202 valence electrons. The van der Waals surface area contributed by atoms with Crippen LogP contribution in [0.2, 0.25) is 5.02 Å². The zero-order chi connectivity index (χ0) is 27.5. The fourth-order valence-electron chi connectivity index (χ4n) is 4.96. The van der Waals surface area contributed by atoms with Crippen LogP contribution in [0, 0.1) is 31.5 Å². The van der Waals surface area contributed by atoms with Crippen LogP contribution >= 0.6 is 11.6 Å². The first-order valence-electron chi connectivity index (χ1n) is 12.1. The molecule has 0 radical (unpaired) electrons. The zero-order valence-electron chi connectivity index (χ0n) is 20.8. The third kappa shape index (κ3) is 4.47. The summed E-state index contributed by atoms with van der Waals surface area (Å²) >= 11 is 5.96. The molecule has 0 bridgehead atoms. The summed E-state index contributed by atoms with van der Waals surface area (Å²) in [5.41, 5.74) is 2.72. The number of tetrazole rings is 1. The Balaban J connectivity index is 1.13. The maximum Gasteiger partial charge on any atom is 0.258 e. The highest BCUT2D eigenvalue weighted by Crippen LogP contribution is 2.59. The van der Waals surface area contributed by atoms with E-state index in [4.69, 9.17) is 11.6 Å². The van der Waals surface area contributed by atoms with Crippen molar-refractivity contribution in [3.8, 4) is 5.69 Å². The Morgan fingerprint density at radius 2 is 1.97 bits per heavy atom. The minimum atomic E-state index is -2.56. The summed E-state index contributed by atoms with van der Waals surface area (Å²) in [5.74, 6) is -4.49. The number of aryl methyl sites for hydroxylation is 2. The predicted molar refractivity (Wildman–Crippen MR) is 132 cm³/mol. The number of alkyl halides is 2. The van der Waals surface area contributed by atoms with Gasteiger partial charge in [-0.15, -0.1) is 5.10 Å². The van der Waals surface area contributed by atoms with Crippen LogP contribution in [0.5, 0.6) is 0 Å². The monoisotopic (exact) mass is 558 g/mol. The highest BCUT2D eigenvalue weighted by Gasteiger charge is 2.72. The van der Waals surface area contributed by atoms with Gasteiger partial charge in [0, 0.05) is 48.8 Å². The lowest BCUT2D eigenvalue weighted by Gasteiger charge is -2.20. The van der Waals surface area contributed by atoms with Gasteiger partial charge in [-0.2, -0.15) is 5.10 Å². The molecule has 39 heavy (non-hydrogen) atoms. The largest absolute Gasteiger partial charge is 0.348 e. The molecular formula is C24H22ClF3N10O. The van der Waals surface area contributed by atoms with E-state index in [1.807, 2.05) is 6.92 Å². The summed E-state index contributed by atoms with van der Waals surface area (Å²) in [5, 5.41) is 18.0. The van der Waals surface area contributed by atoms with Crippen molar-refractivity contribution in [2.24, 2.45) is 11.8 Å². The van der Waals surface area contributed by atoms with Gasteiger partial charge in [0.05, 0.1) is 40.3 Å². The third-order valence-electron chi connectivity index (χ3n) is 7.27. The lowest BCUT2D eigenvalue weighted by atomic mass is 10.1. The van der Waals surface area contributed by atoms with Crippen LogP contribution in [0.3, 0.4) is 0 Å². The lowest BCUT2D eigenvalue weighted by Crippen LogP contribution is -2.29. The molecule has 15 heteroatoms. The van der Waals surface area contributed by atoms with E-state index in [9.17, 15) is 18.0 Å². The Hall–Kier alpha value is -4.07. The van der Waals surface area contributed by atoms with E-state index >= 15 is 0 Å². The van der Waals surface area contributed by atoms with Crippen molar-refractivity contribution in [3.05, 3.63) is 69.8 Å². The van der Waals surface area contributed by atoms with Crippen molar-refractivity contribution in [2.45, 2.75) is 32.9 Å². The van der Waals surface area contributed by atoms with Crippen LogP contribution < -0.4 is 10.2 Å². The van der Waals surface area contributed by atoms with Crippen LogP contribution in [-0.2, 0) is 13.1 Å². The van der Waals surface area contributed by atoms with Gasteiger partial charge in [0.1, 0.15) is 12.1 Å². The fraction of sp³-hybridized carbons (Fsp3) is 0.375. The number of carbonyl (C=O) groups excluding carboxylic acids is 1. The van der Waals surface area contributed by atoms with Crippen molar-refractivity contribution in [3.63, 3.8) is 0 Å². The number of hydrogen-bond acceptors (Lipinski definition) is 8. The van der Waals surface area contributed by atoms with Crippen LogP contribution in [0.15, 0.2) is 30.9 Å². The van der Waals surface area contributed by atoms with Gasteiger partial charge in [0.2, 0.25) is 5.95 Å². The molecule has 3 aromatic heterocycles. The summed E-state index contributed by atoms with van der Waals surface area (Å²) in [6, 6.07) is 2.95. The van der Waals surface area contributed by atoms with Gasteiger partial charge in [0.15, 0.2) is 0 Å². The summed E-state index contributed by atoms with van der Waals surface area (Å²) in [7, 11) is 0. The number of benzene rings is 1. The van der Waals surface area contributed by atoms with Crippen molar-refractivity contribution >= 4 is 23.5 Å². The molecule has 1 amide bonds. The van der Waals surface area contributed by atoms with Crippen LogP contribution in [0.25, 0.3) is 5.69 Å². The number of nitrogens with zero attached hydrogens (tertiary/aromatic N) is 9. The average molecular weight is 559 g/mol. The molecule has 4 aromatic rings.